The second-order valence-electron chi connectivity index (χ2n) is 3.96. The van der Waals surface area contributed by atoms with Gasteiger partial charge in [-0.1, -0.05) is 24.3 Å². The fourth-order valence-corrected chi connectivity index (χ4v) is 2.09. The lowest BCUT2D eigenvalue weighted by molar-refractivity contribution is -0.0779. The van der Waals surface area contributed by atoms with E-state index in [9.17, 15) is 0 Å². The van der Waals surface area contributed by atoms with Crippen molar-refractivity contribution in [3.05, 3.63) is 35.4 Å². The summed E-state index contributed by atoms with van der Waals surface area (Å²) in [4.78, 5) is 0. The van der Waals surface area contributed by atoms with E-state index in [1.54, 1.807) is 7.11 Å². The average Bonchev–Trinajstić information content (AvgIpc) is 2.18. The normalized spacial score (nSPS) is 19.0. The van der Waals surface area contributed by atoms with Crippen LogP contribution >= 0.6 is 0 Å². The first-order chi connectivity index (χ1) is 6.80. The first kappa shape index (κ1) is 9.69. The molecular weight excluding hydrogens is 174 g/mol. The summed E-state index contributed by atoms with van der Waals surface area (Å²) >= 11 is 0. The van der Waals surface area contributed by atoms with Gasteiger partial charge in [-0.2, -0.15) is 0 Å². The van der Waals surface area contributed by atoms with Crippen LogP contribution in [0.1, 0.15) is 30.4 Å². The van der Waals surface area contributed by atoms with Gasteiger partial charge in [0.2, 0.25) is 0 Å². The Hall–Kier alpha value is -0.860. The largest absolute Gasteiger partial charge is 0.374 e. The standard InChI is InChI=1S/C12H17NO/c1-14-12(6-3-7-12)11-5-2-4-10(8-11)9-13/h2,4-5,8H,3,6-7,9,13H2,1H3. The minimum absolute atomic E-state index is 0.00875. The van der Waals surface area contributed by atoms with Crippen molar-refractivity contribution in [3.8, 4) is 0 Å². The minimum atomic E-state index is -0.00875. The van der Waals surface area contributed by atoms with Gasteiger partial charge in [0.05, 0.1) is 5.60 Å². The fraction of sp³-hybridized carbons (Fsp3) is 0.500. The van der Waals surface area contributed by atoms with Gasteiger partial charge in [-0.05, 0) is 30.4 Å². The molecule has 0 radical (unpaired) electrons. The predicted molar refractivity (Wildman–Crippen MR) is 56.9 cm³/mol. The molecule has 0 aliphatic heterocycles. The molecule has 2 heteroatoms. The highest BCUT2D eigenvalue weighted by molar-refractivity contribution is 5.30. The fourth-order valence-electron chi connectivity index (χ4n) is 2.09. The van der Waals surface area contributed by atoms with Crippen LogP contribution < -0.4 is 5.73 Å². The second-order valence-corrected chi connectivity index (χ2v) is 3.96. The lowest BCUT2D eigenvalue weighted by Gasteiger charge is -2.41. The van der Waals surface area contributed by atoms with Crippen LogP contribution in [0.2, 0.25) is 0 Å². The van der Waals surface area contributed by atoms with E-state index in [1.807, 2.05) is 0 Å². The highest BCUT2D eigenvalue weighted by Crippen LogP contribution is 2.44. The van der Waals surface area contributed by atoms with Gasteiger partial charge >= 0.3 is 0 Å². The highest BCUT2D eigenvalue weighted by Gasteiger charge is 2.38. The number of nitrogens with two attached hydrogens (primary N) is 1. The molecule has 0 heterocycles. The van der Waals surface area contributed by atoms with E-state index >= 15 is 0 Å². The summed E-state index contributed by atoms with van der Waals surface area (Å²) in [7, 11) is 1.80. The van der Waals surface area contributed by atoms with Crippen LogP contribution in [0.4, 0.5) is 0 Å². The highest BCUT2D eigenvalue weighted by atomic mass is 16.5. The molecule has 2 nitrogen and oxygen atoms in total. The zero-order valence-corrected chi connectivity index (χ0v) is 8.62. The Morgan fingerprint density at radius 1 is 1.43 bits per heavy atom. The van der Waals surface area contributed by atoms with Crippen LogP contribution in [-0.2, 0) is 16.9 Å². The summed E-state index contributed by atoms with van der Waals surface area (Å²) in [5.74, 6) is 0. The van der Waals surface area contributed by atoms with Crippen molar-refractivity contribution in [2.75, 3.05) is 7.11 Å². The van der Waals surface area contributed by atoms with Gasteiger partial charge in [-0.25, -0.2) is 0 Å². The van der Waals surface area contributed by atoms with E-state index in [1.165, 1.54) is 17.5 Å². The molecule has 1 fully saturated rings. The molecule has 1 aromatic rings. The van der Waals surface area contributed by atoms with Gasteiger partial charge in [0.25, 0.3) is 0 Å². The number of hydrogen-bond acceptors (Lipinski definition) is 2. The summed E-state index contributed by atoms with van der Waals surface area (Å²) in [6, 6.07) is 8.44. The van der Waals surface area contributed by atoms with Crippen LogP contribution in [0.5, 0.6) is 0 Å². The summed E-state index contributed by atoms with van der Waals surface area (Å²) < 4.78 is 5.62. The molecular formula is C12H17NO. The maximum absolute atomic E-state index is 5.62. The van der Waals surface area contributed by atoms with Crippen molar-refractivity contribution in [1.82, 2.24) is 0 Å². The summed E-state index contributed by atoms with van der Waals surface area (Å²) in [6.07, 6.45) is 3.54. The van der Waals surface area contributed by atoms with E-state index < -0.39 is 0 Å². The number of benzene rings is 1. The molecule has 2 rings (SSSR count). The van der Waals surface area contributed by atoms with E-state index in [-0.39, 0.29) is 5.60 Å². The Kier molecular flexibility index (Phi) is 2.57. The van der Waals surface area contributed by atoms with E-state index in [2.05, 4.69) is 24.3 Å². The number of rotatable bonds is 3. The molecule has 0 bridgehead atoms. The maximum Gasteiger partial charge on any atom is 0.0927 e. The van der Waals surface area contributed by atoms with Crippen LogP contribution in [-0.4, -0.2) is 7.11 Å². The quantitative estimate of drug-likeness (QED) is 0.794. The van der Waals surface area contributed by atoms with E-state index in [4.69, 9.17) is 10.5 Å². The van der Waals surface area contributed by atoms with Gasteiger partial charge in [0.15, 0.2) is 0 Å². The Labute approximate surface area is 85.1 Å². The van der Waals surface area contributed by atoms with Crippen molar-refractivity contribution in [2.45, 2.75) is 31.4 Å². The minimum Gasteiger partial charge on any atom is -0.374 e. The molecule has 0 aromatic heterocycles. The third kappa shape index (κ3) is 1.45. The molecule has 0 spiro atoms. The van der Waals surface area contributed by atoms with Gasteiger partial charge in [-0.15, -0.1) is 0 Å². The van der Waals surface area contributed by atoms with E-state index in [0.717, 1.165) is 12.8 Å². The SMILES string of the molecule is COC1(c2cccc(CN)c2)CCC1. The van der Waals surface area contributed by atoms with Crippen molar-refractivity contribution >= 4 is 0 Å². The first-order valence-corrected chi connectivity index (χ1v) is 5.15. The van der Waals surface area contributed by atoms with Crippen LogP contribution in [0.3, 0.4) is 0 Å². The molecule has 0 saturated heterocycles. The van der Waals surface area contributed by atoms with Crippen LogP contribution in [0.15, 0.2) is 24.3 Å². The van der Waals surface area contributed by atoms with E-state index in [0.29, 0.717) is 6.54 Å². The molecule has 2 N–H and O–H groups in total. The van der Waals surface area contributed by atoms with Crippen molar-refractivity contribution in [2.24, 2.45) is 5.73 Å². The lowest BCUT2D eigenvalue weighted by Crippen LogP contribution is -2.36. The summed E-state index contributed by atoms with van der Waals surface area (Å²) in [5, 5.41) is 0. The van der Waals surface area contributed by atoms with Crippen molar-refractivity contribution < 1.29 is 4.74 Å². The first-order valence-electron chi connectivity index (χ1n) is 5.15. The Morgan fingerprint density at radius 2 is 2.21 bits per heavy atom. The third-order valence-electron chi connectivity index (χ3n) is 3.24. The molecule has 0 amide bonds. The van der Waals surface area contributed by atoms with Crippen molar-refractivity contribution in [1.29, 1.82) is 0 Å². The van der Waals surface area contributed by atoms with Gasteiger partial charge in [0, 0.05) is 13.7 Å². The molecule has 1 aliphatic carbocycles. The zero-order valence-electron chi connectivity index (χ0n) is 8.62. The Balaban J connectivity index is 2.30. The molecule has 1 aliphatic rings. The molecule has 1 saturated carbocycles. The molecule has 76 valence electrons. The average molecular weight is 191 g/mol. The van der Waals surface area contributed by atoms with Gasteiger partial charge < -0.3 is 10.5 Å². The molecule has 14 heavy (non-hydrogen) atoms. The Bertz CT molecular complexity index is 312. The monoisotopic (exact) mass is 191 g/mol. The molecule has 0 atom stereocenters. The topological polar surface area (TPSA) is 35.2 Å². The summed E-state index contributed by atoms with van der Waals surface area (Å²) in [5.41, 5.74) is 8.09. The van der Waals surface area contributed by atoms with Gasteiger partial charge in [0.1, 0.15) is 0 Å². The summed E-state index contributed by atoms with van der Waals surface area (Å²) in [6.45, 7) is 0.605. The maximum atomic E-state index is 5.62. The molecule has 0 unspecified atom stereocenters. The van der Waals surface area contributed by atoms with Gasteiger partial charge in [-0.3, -0.25) is 0 Å². The molecule has 1 aromatic carbocycles. The smallest absolute Gasteiger partial charge is 0.0927 e. The lowest BCUT2D eigenvalue weighted by atomic mass is 9.74. The number of methoxy groups -OCH3 is 1. The van der Waals surface area contributed by atoms with Crippen LogP contribution in [0, 0.1) is 0 Å². The third-order valence-corrected chi connectivity index (χ3v) is 3.24. The van der Waals surface area contributed by atoms with Crippen molar-refractivity contribution in [3.63, 3.8) is 0 Å². The predicted octanol–water partition coefficient (Wildman–Crippen LogP) is 2.17. The second kappa shape index (κ2) is 3.71. The number of ether oxygens (including phenoxy) is 1. The zero-order chi connectivity index (χ0) is 10.0. The number of hydrogen-bond donors (Lipinski definition) is 1. The van der Waals surface area contributed by atoms with Crippen LogP contribution in [0.25, 0.3) is 0 Å². The Morgan fingerprint density at radius 3 is 2.71 bits per heavy atom.